The van der Waals surface area contributed by atoms with Gasteiger partial charge in [0.2, 0.25) is 17.6 Å². The maximum absolute atomic E-state index is 12.4. The summed E-state index contributed by atoms with van der Waals surface area (Å²) < 4.78 is 5.35. The van der Waals surface area contributed by atoms with Gasteiger partial charge in [-0.15, -0.1) is 22.7 Å². The number of aromatic nitrogens is 2. The normalized spacial score (nSPS) is 14.9. The number of carbonyl (C=O) groups excluding carboxylic acids is 2. The molecular weight excluding hydrogens is 410 g/mol. The average Bonchev–Trinajstić information content (AvgIpc) is 3.48. The van der Waals surface area contributed by atoms with Gasteiger partial charge in [-0.05, 0) is 30.5 Å². The van der Waals surface area contributed by atoms with Gasteiger partial charge in [-0.2, -0.15) is 4.98 Å². The number of thiophene rings is 2. The summed E-state index contributed by atoms with van der Waals surface area (Å²) >= 11 is 3.00. The SMILES string of the molecule is Cc1ccc(C(=O)NCC(=O)N2CCN(Cc3nc(-c4cccs4)no3)CC2)s1. The molecule has 2 amide bonds. The second-order valence-electron chi connectivity index (χ2n) is 6.74. The third-order valence-corrected chi connectivity index (χ3v) is 6.52. The molecule has 1 saturated heterocycles. The van der Waals surface area contributed by atoms with E-state index >= 15 is 0 Å². The number of hydrogen-bond donors (Lipinski definition) is 1. The number of hydrogen-bond acceptors (Lipinski definition) is 8. The maximum atomic E-state index is 12.4. The highest BCUT2D eigenvalue weighted by Gasteiger charge is 2.23. The van der Waals surface area contributed by atoms with E-state index in [0.29, 0.717) is 36.2 Å². The van der Waals surface area contributed by atoms with Gasteiger partial charge < -0.3 is 14.7 Å². The highest BCUT2D eigenvalue weighted by molar-refractivity contribution is 7.14. The van der Waals surface area contributed by atoms with Crippen LogP contribution in [-0.2, 0) is 11.3 Å². The molecule has 0 unspecified atom stereocenters. The van der Waals surface area contributed by atoms with Crippen molar-refractivity contribution in [1.29, 1.82) is 0 Å². The van der Waals surface area contributed by atoms with Gasteiger partial charge in [0.05, 0.1) is 22.8 Å². The lowest BCUT2D eigenvalue weighted by atomic mass is 10.3. The number of carbonyl (C=O) groups is 2. The Hall–Kier alpha value is -2.56. The minimum atomic E-state index is -0.201. The third kappa shape index (κ3) is 4.89. The van der Waals surface area contributed by atoms with Crippen molar-refractivity contribution in [3.63, 3.8) is 0 Å². The molecule has 0 spiro atoms. The summed E-state index contributed by atoms with van der Waals surface area (Å²) in [7, 11) is 0. The second kappa shape index (κ2) is 8.85. The van der Waals surface area contributed by atoms with Gasteiger partial charge in [0.25, 0.3) is 5.91 Å². The summed E-state index contributed by atoms with van der Waals surface area (Å²) in [5, 5.41) is 8.72. The Morgan fingerprint density at radius 2 is 2.03 bits per heavy atom. The van der Waals surface area contributed by atoms with Gasteiger partial charge >= 0.3 is 0 Å². The fraction of sp³-hybridized carbons (Fsp3) is 0.368. The van der Waals surface area contributed by atoms with Crippen LogP contribution in [0.4, 0.5) is 0 Å². The monoisotopic (exact) mass is 431 g/mol. The molecule has 1 aliphatic heterocycles. The minimum Gasteiger partial charge on any atom is -0.342 e. The van der Waals surface area contributed by atoms with Crippen molar-refractivity contribution in [1.82, 2.24) is 25.3 Å². The zero-order chi connectivity index (χ0) is 20.2. The zero-order valence-electron chi connectivity index (χ0n) is 16.0. The second-order valence-corrected chi connectivity index (χ2v) is 8.97. The Morgan fingerprint density at radius 1 is 1.21 bits per heavy atom. The molecular formula is C19H21N5O3S2. The van der Waals surface area contributed by atoms with E-state index in [9.17, 15) is 9.59 Å². The summed E-state index contributed by atoms with van der Waals surface area (Å²) in [5.41, 5.74) is 0. The van der Waals surface area contributed by atoms with E-state index in [1.165, 1.54) is 11.3 Å². The zero-order valence-corrected chi connectivity index (χ0v) is 17.6. The van der Waals surface area contributed by atoms with E-state index in [1.807, 2.05) is 30.5 Å². The molecule has 4 rings (SSSR count). The van der Waals surface area contributed by atoms with Gasteiger partial charge in [0, 0.05) is 31.1 Å². The largest absolute Gasteiger partial charge is 0.342 e. The number of aryl methyl sites for hydroxylation is 1. The number of rotatable bonds is 6. The number of piperazine rings is 1. The van der Waals surface area contributed by atoms with Gasteiger partial charge in [0.15, 0.2) is 0 Å². The van der Waals surface area contributed by atoms with Crippen LogP contribution >= 0.6 is 22.7 Å². The molecule has 0 atom stereocenters. The summed E-state index contributed by atoms with van der Waals surface area (Å²) in [6, 6.07) is 7.59. The first-order valence-corrected chi connectivity index (χ1v) is 11.0. The molecule has 3 aromatic heterocycles. The number of nitrogens with one attached hydrogen (secondary N) is 1. The molecule has 0 aromatic carbocycles. The number of nitrogens with zero attached hydrogens (tertiary/aromatic N) is 4. The van der Waals surface area contributed by atoms with Crippen LogP contribution in [0.15, 0.2) is 34.2 Å². The molecule has 0 radical (unpaired) electrons. The molecule has 4 heterocycles. The molecule has 152 valence electrons. The fourth-order valence-electron chi connectivity index (χ4n) is 3.08. The Labute approximate surface area is 176 Å². The van der Waals surface area contributed by atoms with Crippen molar-refractivity contribution >= 4 is 34.5 Å². The lowest BCUT2D eigenvalue weighted by Crippen LogP contribution is -2.50. The number of amides is 2. The lowest BCUT2D eigenvalue weighted by molar-refractivity contribution is -0.131. The Morgan fingerprint density at radius 3 is 2.72 bits per heavy atom. The molecule has 8 nitrogen and oxygen atoms in total. The van der Waals surface area contributed by atoms with E-state index in [-0.39, 0.29) is 18.4 Å². The summed E-state index contributed by atoms with van der Waals surface area (Å²) in [4.78, 5) is 35.6. The van der Waals surface area contributed by atoms with Gasteiger partial charge in [-0.25, -0.2) is 0 Å². The highest BCUT2D eigenvalue weighted by Crippen LogP contribution is 2.21. The first-order chi connectivity index (χ1) is 14.1. The summed E-state index contributed by atoms with van der Waals surface area (Å²) in [5.74, 6) is 0.921. The van der Waals surface area contributed by atoms with Crippen molar-refractivity contribution in [3.8, 4) is 10.7 Å². The molecule has 29 heavy (non-hydrogen) atoms. The van der Waals surface area contributed by atoms with E-state index in [2.05, 4.69) is 20.4 Å². The van der Waals surface area contributed by atoms with E-state index in [1.54, 1.807) is 22.3 Å². The quantitative estimate of drug-likeness (QED) is 0.644. The van der Waals surface area contributed by atoms with Crippen LogP contribution in [0.2, 0.25) is 0 Å². The van der Waals surface area contributed by atoms with Crippen molar-refractivity contribution in [2.45, 2.75) is 13.5 Å². The van der Waals surface area contributed by atoms with Gasteiger partial charge in [-0.1, -0.05) is 11.2 Å². The average molecular weight is 432 g/mol. The molecule has 1 N–H and O–H groups in total. The van der Waals surface area contributed by atoms with E-state index in [0.717, 1.165) is 22.8 Å². The summed E-state index contributed by atoms with van der Waals surface area (Å²) in [6.07, 6.45) is 0. The Kier molecular flexibility index (Phi) is 6.02. The van der Waals surface area contributed by atoms with Crippen molar-refractivity contribution in [2.75, 3.05) is 32.7 Å². The molecule has 10 heteroatoms. The van der Waals surface area contributed by atoms with Crippen molar-refractivity contribution in [2.24, 2.45) is 0 Å². The predicted molar refractivity (Wildman–Crippen MR) is 111 cm³/mol. The molecule has 3 aromatic rings. The molecule has 0 saturated carbocycles. The lowest BCUT2D eigenvalue weighted by Gasteiger charge is -2.34. The van der Waals surface area contributed by atoms with Crippen LogP contribution in [0.1, 0.15) is 20.4 Å². The minimum absolute atomic E-state index is 0.0175. The third-order valence-electron chi connectivity index (χ3n) is 4.66. The molecule has 1 fully saturated rings. The Bertz CT molecular complexity index is 974. The highest BCUT2D eigenvalue weighted by atomic mass is 32.1. The predicted octanol–water partition coefficient (Wildman–Crippen LogP) is 2.24. The maximum Gasteiger partial charge on any atom is 0.261 e. The molecule has 0 aliphatic carbocycles. The van der Waals surface area contributed by atoms with E-state index < -0.39 is 0 Å². The van der Waals surface area contributed by atoms with E-state index in [4.69, 9.17) is 4.52 Å². The van der Waals surface area contributed by atoms with Gasteiger partial charge in [0.1, 0.15) is 0 Å². The van der Waals surface area contributed by atoms with Gasteiger partial charge in [-0.3, -0.25) is 14.5 Å². The smallest absolute Gasteiger partial charge is 0.261 e. The van der Waals surface area contributed by atoms with Crippen molar-refractivity contribution < 1.29 is 14.1 Å². The Balaban J connectivity index is 1.22. The molecule has 1 aliphatic rings. The standard InChI is InChI=1S/C19H21N5O3S2/c1-13-4-5-15(29-13)19(26)20-11-17(25)24-8-6-23(7-9-24)12-16-21-18(22-27-16)14-3-2-10-28-14/h2-5,10H,6-9,11-12H2,1H3,(H,20,26). The summed E-state index contributed by atoms with van der Waals surface area (Å²) in [6.45, 7) is 5.19. The first kappa shape index (κ1) is 19.7. The van der Waals surface area contributed by atoms with Crippen LogP contribution in [0.3, 0.4) is 0 Å². The fourth-order valence-corrected chi connectivity index (χ4v) is 4.52. The van der Waals surface area contributed by atoms with Crippen LogP contribution in [-0.4, -0.2) is 64.5 Å². The molecule has 0 bridgehead atoms. The first-order valence-electron chi connectivity index (χ1n) is 9.30. The van der Waals surface area contributed by atoms with Crippen molar-refractivity contribution in [3.05, 3.63) is 45.3 Å². The van der Waals surface area contributed by atoms with Crippen LogP contribution in [0.5, 0.6) is 0 Å². The van der Waals surface area contributed by atoms with Crippen LogP contribution in [0.25, 0.3) is 10.7 Å². The topological polar surface area (TPSA) is 91.6 Å². The van der Waals surface area contributed by atoms with Crippen LogP contribution in [0, 0.1) is 6.92 Å². The van der Waals surface area contributed by atoms with Crippen LogP contribution < -0.4 is 5.32 Å².